The SMILES string of the molecule is O=C(/C=C/c1ccc(O)cc1)OC1[C@H](O)CC(O)(C(=O)O)C[C@H]1O. The minimum absolute atomic E-state index is 0.0779. The van der Waals surface area contributed by atoms with E-state index in [1.54, 1.807) is 12.1 Å². The standard InChI is InChI=1S/C16H18O8/c17-10-4-1-9(2-5-10)3-6-13(20)24-14-11(18)7-16(23,15(21)22)8-12(14)19/h1-6,11-12,14,17-19,23H,7-8H2,(H,21,22)/b6-3+/t11-,12-,14?,16?/m1/s1. The molecule has 2 atom stereocenters. The first-order chi connectivity index (χ1) is 11.2. The van der Waals surface area contributed by atoms with Crippen molar-refractivity contribution in [3.8, 4) is 5.75 Å². The van der Waals surface area contributed by atoms with Gasteiger partial charge in [-0.15, -0.1) is 0 Å². The average molecular weight is 338 g/mol. The van der Waals surface area contributed by atoms with Gasteiger partial charge in [0.05, 0.1) is 12.2 Å². The van der Waals surface area contributed by atoms with Gasteiger partial charge >= 0.3 is 11.9 Å². The summed E-state index contributed by atoms with van der Waals surface area (Å²) in [5, 5.41) is 47.7. The molecule has 8 heteroatoms. The zero-order chi connectivity index (χ0) is 17.9. The number of hydrogen-bond acceptors (Lipinski definition) is 7. The summed E-state index contributed by atoms with van der Waals surface area (Å²) in [5.74, 6) is -2.32. The quantitative estimate of drug-likeness (QED) is 0.370. The number of phenols is 1. The van der Waals surface area contributed by atoms with Crippen molar-refractivity contribution in [3.05, 3.63) is 35.9 Å². The van der Waals surface area contributed by atoms with Crippen LogP contribution in [0.1, 0.15) is 18.4 Å². The number of hydrogen-bond donors (Lipinski definition) is 5. The van der Waals surface area contributed by atoms with Crippen LogP contribution in [-0.4, -0.2) is 61.4 Å². The number of carboxylic acid groups (broad SMARTS) is 1. The van der Waals surface area contributed by atoms with Gasteiger partial charge in [0.15, 0.2) is 11.7 Å². The molecule has 0 heterocycles. The number of aromatic hydroxyl groups is 1. The zero-order valence-corrected chi connectivity index (χ0v) is 12.6. The number of esters is 1. The third-order valence-corrected chi connectivity index (χ3v) is 3.81. The van der Waals surface area contributed by atoms with Crippen molar-refractivity contribution in [2.75, 3.05) is 0 Å². The van der Waals surface area contributed by atoms with E-state index in [1.165, 1.54) is 18.2 Å². The van der Waals surface area contributed by atoms with Gasteiger partial charge in [0, 0.05) is 18.9 Å². The molecule has 1 aliphatic carbocycles. The van der Waals surface area contributed by atoms with Crippen molar-refractivity contribution < 1.29 is 39.9 Å². The van der Waals surface area contributed by atoms with E-state index in [0.717, 1.165) is 6.08 Å². The van der Waals surface area contributed by atoms with Crippen LogP contribution in [0.15, 0.2) is 30.3 Å². The maximum Gasteiger partial charge on any atom is 0.335 e. The molecule has 2 rings (SSSR count). The first-order valence-corrected chi connectivity index (χ1v) is 7.21. The molecule has 0 saturated heterocycles. The molecule has 1 aliphatic rings. The van der Waals surface area contributed by atoms with Crippen molar-refractivity contribution in [3.63, 3.8) is 0 Å². The van der Waals surface area contributed by atoms with Crippen LogP contribution < -0.4 is 0 Å². The number of aliphatic hydroxyl groups is 3. The summed E-state index contributed by atoms with van der Waals surface area (Å²) < 4.78 is 4.96. The highest BCUT2D eigenvalue weighted by molar-refractivity contribution is 5.87. The van der Waals surface area contributed by atoms with Crippen LogP contribution in [0.5, 0.6) is 5.75 Å². The van der Waals surface area contributed by atoms with Gasteiger partial charge in [-0.05, 0) is 23.8 Å². The molecule has 1 aromatic carbocycles. The van der Waals surface area contributed by atoms with Crippen LogP contribution in [0, 0.1) is 0 Å². The van der Waals surface area contributed by atoms with Crippen LogP contribution in [0.25, 0.3) is 6.08 Å². The van der Waals surface area contributed by atoms with Gasteiger partial charge in [0.2, 0.25) is 0 Å². The number of carbonyl (C=O) groups excluding carboxylic acids is 1. The monoisotopic (exact) mass is 338 g/mol. The average Bonchev–Trinajstić information content (AvgIpc) is 2.50. The first kappa shape index (κ1) is 17.9. The molecule has 1 aromatic rings. The number of phenolic OH excluding ortho intramolecular Hbond substituents is 1. The highest BCUT2D eigenvalue weighted by Crippen LogP contribution is 2.31. The summed E-state index contributed by atoms with van der Waals surface area (Å²) in [6, 6.07) is 6.01. The topological polar surface area (TPSA) is 145 Å². The largest absolute Gasteiger partial charge is 0.508 e. The number of rotatable bonds is 4. The fraction of sp³-hybridized carbons (Fsp3) is 0.375. The predicted octanol–water partition coefficient (Wildman–Crippen LogP) is -0.352. The number of carbonyl (C=O) groups is 2. The molecule has 1 fully saturated rings. The lowest BCUT2D eigenvalue weighted by Crippen LogP contribution is -2.57. The number of benzene rings is 1. The summed E-state index contributed by atoms with van der Waals surface area (Å²) in [7, 11) is 0. The normalized spacial score (nSPS) is 30.2. The van der Waals surface area contributed by atoms with Gasteiger partial charge in [-0.1, -0.05) is 12.1 Å². The predicted molar refractivity (Wildman–Crippen MR) is 80.9 cm³/mol. The third-order valence-electron chi connectivity index (χ3n) is 3.81. The van der Waals surface area contributed by atoms with Gasteiger partial charge < -0.3 is 30.3 Å². The summed E-state index contributed by atoms with van der Waals surface area (Å²) in [6.07, 6.45) is -2.98. The number of aliphatic hydroxyl groups excluding tert-OH is 2. The Bertz CT molecular complexity index is 624. The molecule has 0 amide bonds. The van der Waals surface area contributed by atoms with Gasteiger partial charge in [0.1, 0.15) is 5.75 Å². The highest BCUT2D eigenvalue weighted by atomic mass is 16.6. The van der Waals surface area contributed by atoms with Crippen LogP contribution >= 0.6 is 0 Å². The summed E-state index contributed by atoms with van der Waals surface area (Å²) in [6.45, 7) is 0. The Kier molecular flexibility index (Phi) is 5.23. The molecule has 0 bridgehead atoms. The number of aliphatic carboxylic acids is 1. The first-order valence-electron chi connectivity index (χ1n) is 7.21. The molecular formula is C16H18O8. The number of ether oxygens (including phenoxy) is 1. The van der Waals surface area contributed by atoms with E-state index in [2.05, 4.69) is 0 Å². The van der Waals surface area contributed by atoms with Crippen molar-refractivity contribution in [2.45, 2.75) is 36.8 Å². The van der Waals surface area contributed by atoms with Crippen molar-refractivity contribution >= 4 is 18.0 Å². The Morgan fingerprint density at radius 2 is 1.67 bits per heavy atom. The lowest BCUT2D eigenvalue weighted by Gasteiger charge is -2.39. The van der Waals surface area contributed by atoms with E-state index in [1.807, 2.05) is 0 Å². The fourth-order valence-electron chi connectivity index (χ4n) is 2.52. The van der Waals surface area contributed by atoms with Gasteiger partial charge in [-0.3, -0.25) is 0 Å². The maximum atomic E-state index is 11.8. The number of carboxylic acids is 1. The van der Waals surface area contributed by atoms with E-state index in [0.29, 0.717) is 5.56 Å². The van der Waals surface area contributed by atoms with E-state index < -0.39 is 48.7 Å². The summed E-state index contributed by atoms with van der Waals surface area (Å²) in [4.78, 5) is 22.7. The van der Waals surface area contributed by atoms with Crippen LogP contribution in [0.3, 0.4) is 0 Å². The molecule has 8 nitrogen and oxygen atoms in total. The smallest absolute Gasteiger partial charge is 0.335 e. The Morgan fingerprint density at radius 3 is 2.17 bits per heavy atom. The van der Waals surface area contributed by atoms with Gasteiger partial charge in [-0.2, -0.15) is 0 Å². The van der Waals surface area contributed by atoms with Gasteiger partial charge in [0.25, 0.3) is 0 Å². The van der Waals surface area contributed by atoms with Crippen molar-refractivity contribution in [1.29, 1.82) is 0 Å². The van der Waals surface area contributed by atoms with Crippen LogP contribution in [-0.2, 0) is 14.3 Å². The third kappa shape index (κ3) is 4.10. The lowest BCUT2D eigenvalue weighted by atomic mass is 9.79. The Morgan fingerprint density at radius 1 is 1.12 bits per heavy atom. The maximum absolute atomic E-state index is 11.8. The van der Waals surface area contributed by atoms with Crippen LogP contribution in [0.4, 0.5) is 0 Å². The molecule has 0 aliphatic heterocycles. The molecular weight excluding hydrogens is 320 g/mol. The molecule has 0 spiro atoms. The van der Waals surface area contributed by atoms with Crippen molar-refractivity contribution in [1.82, 2.24) is 0 Å². The Balaban J connectivity index is 1.98. The Hall–Kier alpha value is -2.42. The molecule has 5 N–H and O–H groups in total. The molecule has 24 heavy (non-hydrogen) atoms. The zero-order valence-electron chi connectivity index (χ0n) is 12.6. The van der Waals surface area contributed by atoms with E-state index in [9.17, 15) is 24.9 Å². The molecule has 0 aromatic heterocycles. The minimum atomic E-state index is -2.26. The molecule has 0 unspecified atom stereocenters. The lowest BCUT2D eigenvalue weighted by molar-refractivity contribution is -0.196. The van der Waals surface area contributed by atoms with E-state index in [-0.39, 0.29) is 5.75 Å². The molecule has 1 saturated carbocycles. The molecule has 130 valence electrons. The van der Waals surface area contributed by atoms with Gasteiger partial charge in [-0.25, -0.2) is 9.59 Å². The second kappa shape index (κ2) is 7.00. The molecule has 0 radical (unpaired) electrons. The van der Waals surface area contributed by atoms with E-state index in [4.69, 9.17) is 14.9 Å². The van der Waals surface area contributed by atoms with Crippen molar-refractivity contribution in [2.24, 2.45) is 0 Å². The summed E-state index contributed by atoms with van der Waals surface area (Å²) >= 11 is 0. The second-order valence-electron chi connectivity index (χ2n) is 5.71. The van der Waals surface area contributed by atoms with E-state index >= 15 is 0 Å². The van der Waals surface area contributed by atoms with Crippen LogP contribution in [0.2, 0.25) is 0 Å². The Labute approximate surface area is 137 Å². The summed E-state index contributed by atoms with van der Waals surface area (Å²) in [5.41, 5.74) is -1.64. The highest BCUT2D eigenvalue weighted by Gasteiger charge is 2.50. The second-order valence-corrected chi connectivity index (χ2v) is 5.71. The fourth-order valence-corrected chi connectivity index (χ4v) is 2.52. The minimum Gasteiger partial charge on any atom is -0.508 e.